The highest BCUT2D eigenvalue weighted by molar-refractivity contribution is 5.86. The van der Waals surface area contributed by atoms with Crippen LogP contribution in [0.25, 0.3) is 22.2 Å². The van der Waals surface area contributed by atoms with E-state index in [9.17, 15) is 19.5 Å². The standard InChI is InChI=1S/C37H45N5O7/c1-7-21(2)34(37(46)38-16-17-42-29-11-9-8-10-27(29)40-32(42)20-43)41-28-15-13-24-25(19-30(28)45)26(39-22(3)44)14-12-23-18-31(47-4)35(48-5)36(49-6)33(23)24/h8-11,13,15,18-19,21,26,34,43H,7,12,14,16-17,20H2,1-6H3,(H,38,46)(H,39,44)(H,41,45)/t21-,26+,34+/m0/s1. The molecule has 12 heteroatoms. The van der Waals surface area contributed by atoms with E-state index in [-0.39, 0.29) is 35.5 Å². The molecule has 0 aliphatic heterocycles. The topological polar surface area (TPSA) is 153 Å². The average Bonchev–Trinajstić information content (AvgIpc) is 3.30. The van der Waals surface area contributed by atoms with Gasteiger partial charge in [0.05, 0.1) is 44.1 Å². The summed E-state index contributed by atoms with van der Waals surface area (Å²) in [6, 6.07) is 13.4. The van der Waals surface area contributed by atoms with Gasteiger partial charge in [-0.1, -0.05) is 38.5 Å². The predicted octanol–water partition coefficient (Wildman–Crippen LogP) is 4.35. The van der Waals surface area contributed by atoms with Gasteiger partial charge in [-0.15, -0.1) is 0 Å². The monoisotopic (exact) mass is 671 g/mol. The van der Waals surface area contributed by atoms with Crippen molar-refractivity contribution in [2.45, 2.75) is 65.3 Å². The molecule has 4 aromatic rings. The zero-order chi connectivity index (χ0) is 35.2. The van der Waals surface area contributed by atoms with Crippen molar-refractivity contribution < 1.29 is 28.9 Å². The van der Waals surface area contributed by atoms with Crippen LogP contribution in [0.3, 0.4) is 0 Å². The van der Waals surface area contributed by atoms with Gasteiger partial charge in [0.1, 0.15) is 18.5 Å². The van der Waals surface area contributed by atoms with Gasteiger partial charge in [-0.05, 0) is 65.8 Å². The number of carbonyl (C=O) groups excluding carboxylic acids is 2. The van der Waals surface area contributed by atoms with Gasteiger partial charge in [0.15, 0.2) is 11.5 Å². The molecule has 0 saturated heterocycles. The third-order valence-electron chi connectivity index (χ3n) is 9.23. The molecule has 1 aromatic heterocycles. The number of imidazole rings is 1. The number of fused-ring (bicyclic) bond motifs is 4. The number of aliphatic hydroxyl groups excluding tert-OH is 1. The fourth-order valence-electron chi connectivity index (χ4n) is 6.59. The van der Waals surface area contributed by atoms with E-state index >= 15 is 0 Å². The molecule has 0 bridgehead atoms. The van der Waals surface area contributed by atoms with E-state index in [0.29, 0.717) is 66.6 Å². The van der Waals surface area contributed by atoms with Crippen LogP contribution in [-0.4, -0.2) is 60.4 Å². The Morgan fingerprint density at radius 1 is 1.06 bits per heavy atom. The first-order chi connectivity index (χ1) is 23.6. The van der Waals surface area contributed by atoms with Crippen LogP contribution in [-0.2, 0) is 29.2 Å². The molecule has 1 heterocycles. The Bertz CT molecular complexity index is 1910. The number of nitrogens with one attached hydrogen (secondary N) is 3. The molecule has 0 spiro atoms. The first kappa shape index (κ1) is 35.2. The van der Waals surface area contributed by atoms with E-state index in [1.54, 1.807) is 20.3 Å². The smallest absolute Gasteiger partial charge is 0.242 e. The molecule has 4 N–H and O–H groups in total. The van der Waals surface area contributed by atoms with Crippen LogP contribution in [0.4, 0.5) is 5.69 Å². The van der Waals surface area contributed by atoms with Gasteiger partial charge in [-0.25, -0.2) is 4.98 Å². The minimum atomic E-state index is -0.714. The Hall–Kier alpha value is -5.10. The molecule has 1 aliphatic rings. The largest absolute Gasteiger partial charge is 0.493 e. The third kappa shape index (κ3) is 7.19. The lowest BCUT2D eigenvalue weighted by Gasteiger charge is -2.24. The highest BCUT2D eigenvalue weighted by atomic mass is 16.5. The number of aliphatic hydroxyl groups is 1. The third-order valence-corrected chi connectivity index (χ3v) is 9.23. The Kier molecular flexibility index (Phi) is 11.1. The molecule has 260 valence electrons. The fourth-order valence-corrected chi connectivity index (χ4v) is 6.59. The number of ether oxygens (including phenoxy) is 3. The van der Waals surface area contributed by atoms with Crippen LogP contribution in [0.15, 0.2) is 53.3 Å². The molecule has 5 rings (SSSR count). The summed E-state index contributed by atoms with van der Waals surface area (Å²) >= 11 is 0. The number of para-hydroxylation sites is 2. The van der Waals surface area contributed by atoms with E-state index in [4.69, 9.17) is 14.2 Å². The predicted molar refractivity (Wildman–Crippen MR) is 188 cm³/mol. The van der Waals surface area contributed by atoms with Crippen molar-refractivity contribution in [1.82, 2.24) is 20.2 Å². The highest BCUT2D eigenvalue weighted by Crippen LogP contribution is 2.50. The van der Waals surface area contributed by atoms with Crippen LogP contribution in [0, 0.1) is 5.92 Å². The zero-order valence-corrected chi connectivity index (χ0v) is 28.9. The maximum atomic E-state index is 13.9. The van der Waals surface area contributed by atoms with Crippen molar-refractivity contribution >= 4 is 28.5 Å². The summed E-state index contributed by atoms with van der Waals surface area (Å²) in [5.74, 6) is 1.33. The lowest BCUT2D eigenvalue weighted by atomic mass is 9.95. The number of benzene rings is 2. The van der Waals surface area contributed by atoms with Crippen LogP contribution in [0.1, 0.15) is 56.6 Å². The number of hydrogen-bond donors (Lipinski definition) is 4. The number of anilines is 1. The zero-order valence-electron chi connectivity index (χ0n) is 28.9. The summed E-state index contributed by atoms with van der Waals surface area (Å²) in [7, 11) is 4.65. The van der Waals surface area contributed by atoms with Gasteiger partial charge in [0.25, 0.3) is 0 Å². The van der Waals surface area contributed by atoms with Crippen molar-refractivity contribution in [1.29, 1.82) is 0 Å². The van der Waals surface area contributed by atoms with Gasteiger partial charge in [-0.2, -0.15) is 0 Å². The molecule has 0 radical (unpaired) electrons. The van der Waals surface area contributed by atoms with Crippen molar-refractivity contribution in [3.63, 3.8) is 0 Å². The van der Waals surface area contributed by atoms with Gasteiger partial charge in [0, 0.05) is 25.6 Å². The first-order valence-electron chi connectivity index (χ1n) is 16.5. The Labute approximate surface area is 285 Å². The second-order valence-electron chi connectivity index (χ2n) is 12.2. The number of aryl methyl sites for hydroxylation is 1. The van der Waals surface area contributed by atoms with Crippen LogP contribution in [0.5, 0.6) is 17.2 Å². The van der Waals surface area contributed by atoms with E-state index < -0.39 is 12.1 Å². The molecule has 2 amide bonds. The molecule has 0 saturated carbocycles. The van der Waals surface area contributed by atoms with Crippen LogP contribution < -0.4 is 35.6 Å². The van der Waals surface area contributed by atoms with Gasteiger partial charge < -0.3 is 39.8 Å². The van der Waals surface area contributed by atoms with E-state index in [1.165, 1.54) is 20.1 Å². The van der Waals surface area contributed by atoms with Gasteiger partial charge in [0.2, 0.25) is 23.0 Å². The number of amides is 2. The fraction of sp³-hybridized carbons (Fsp3) is 0.405. The maximum absolute atomic E-state index is 13.9. The van der Waals surface area contributed by atoms with E-state index in [1.807, 2.05) is 54.8 Å². The molecule has 3 atom stereocenters. The van der Waals surface area contributed by atoms with Crippen molar-refractivity contribution in [2.24, 2.45) is 5.92 Å². The van der Waals surface area contributed by atoms with Crippen LogP contribution >= 0.6 is 0 Å². The summed E-state index contributed by atoms with van der Waals surface area (Å²) in [6.07, 6.45) is 1.80. The lowest BCUT2D eigenvalue weighted by Crippen LogP contribution is -2.45. The molecule has 0 fully saturated rings. The van der Waals surface area contributed by atoms with E-state index in [0.717, 1.165) is 22.2 Å². The Morgan fingerprint density at radius 3 is 2.49 bits per heavy atom. The van der Waals surface area contributed by atoms with Crippen molar-refractivity contribution in [3.8, 4) is 28.4 Å². The maximum Gasteiger partial charge on any atom is 0.242 e. The van der Waals surface area contributed by atoms with Gasteiger partial charge >= 0.3 is 0 Å². The Morgan fingerprint density at radius 2 is 1.82 bits per heavy atom. The second-order valence-corrected chi connectivity index (χ2v) is 12.2. The van der Waals surface area contributed by atoms with Gasteiger partial charge in [-0.3, -0.25) is 14.4 Å². The molecular weight excluding hydrogens is 626 g/mol. The molecular formula is C37H45N5O7. The normalized spacial score (nSPS) is 14.9. The summed E-state index contributed by atoms with van der Waals surface area (Å²) in [4.78, 5) is 44.5. The quantitative estimate of drug-likeness (QED) is 0.163. The number of aromatic nitrogens is 2. The molecule has 0 unspecified atom stereocenters. The van der Waals surface area contributed by atoms with Crippen molar-refractivity contribution in [2.75, 3.05) is 33.2 Å². The highest BCUT2D eigenvalue weighted by Gasteiger charge is 2.30. The summed E-state index contributed by atoms with van der Waals surface area (Å²) in [6.45, 7) is 5.89. The molecule has 12 nitrogen and oxygen atoms in total. The molecule has 1 aliphatic carbocycles. The average molecular weight is 672 g/mol. The molecule has 3 aromatic carbocycles. The second kappa shape index (κ2) is 15.4. The number of rotatable bonds is 13. The summed E-state index contributed by atoms with van der Waals surface area (Å²) in [5.41, 5.74) is 4.57. The van der Waals surface area contributed by atoms with Crippen molar-refractivity contribution in [3.05, 3.63) is 75.7 Å². The van der Waals surface area contributed by atoms with Crippen LogP contribution in [0.2, 0.25) is 0 Å². The Balaban J connectivity index is 1.50. The summed E-state index contributed by atoms with van der Waals surface area (Å²) < 4.78 is 19.1. The minimum absolute atomic E-state index is 0.116. The summed E-state index contributed by atoms with van der Waals surface area (Å²) in [5, 5.41) is 19.2. The van der Waals surface area contributed by atoms with E-state index in [2.05, 4.69) is 20.9 Å². The number of hydrogen-bond acceptors (Lipinski definition) is 9. The first-order valence-corrected chi connectivity index (χ1v) is 16.5. The minimum Gasteiger partial charge on any atom is -0.493 e. The number of carbonyl (C=O) groups is 2. The lowest BCUT2D eigenvalue weighted by molar-refractivity contribution is -0.123. The SMILES string of the molecule is CC[C@H](C)[C@@H](Nc1ccc2c(cc1=O)[C@H](NC(C)=O)CCc1cc(OC)c(OC)c(OC)c1-2)C(=O)NCCn1c(CO)nc2ccccc21. The molecule has 49 heavy (non-hydrogen) atoms. The number of methoxy groups -OCH3 is 3. The number of nitrogens with zero attached hydrogens (tertiary/aromatic N) is 2.